The van der Waals surface area contributed by atoms with Gasteiger partial charge in [-0.25, -0.2) is 4.98 Å². The Hall–Kier alpha value is -2.97. The molecule has 8 heteroatoms. The van der Waals surface area contributed by atoms with Crippen LogP contribution in [-0.2, 0) is 9.59 Å². The highest BCUT2D eigenvalue weighted by atomic mass is 16.5. The third kappa shape index (κ3) is 5.44. The molecule has 0 spiro atoms. The van der Waals surface area contributed by atoms with Crippen LogP contribution in [0.25, 0.3) is 0 Å². The highest BCUT2D eigenvalue weighted by Gasteiger charge is 2.36. The topological polar surface area (TPSA) is 78.0 Å². The van der Waals surface area contributed by atoms with E-state index < -0.39 is 6.10 Å². The maximum atomic E-state index is 13.2. The van der Waals surface area contributed by atoms with Crippen molar-refractivity contribution in [3.8, 4) is 5.75 Å². The minimum absolute atomic E-state index is 0.0145. The van der Waals surface area contributed by atoms with Crippen molar-refractivity contribution in [1.29, 1.82) is 0 Å². The third-order valence-corrected chi connectivity index (χ3v) is 5.98. The van der Waals surface area contributed by atoms with Gasteiger partial charge in [-0.3, -0.25) is 19.4 Å². The van der Waals surface area contributed by atoms with Gasteiger partial charge >= 0.3 is 0 Å². The number of carbonyl (C=O) groups excluding carboxylic acids is 2. The minimum Gasteiger partial charge on any atom is -0.472 e. The Kier molecular flexibility index (Phi) is 7.34. The molecule has 4 rings (SSSR count). The van der Waals surface area contributed by atoms with Crippen LogP contribution in [0.3, 0.4) is 0 Å². The number of nitrogens with zero attached hydrogens (tertiary/aromatic N) is 4. The molecule has 1 saturated heterocycles. The van der Waals surface area contributed by atoms with E-state index in [4.69, 9.17) is 4.74 Å². The number of pyridine rings is 1. The number of benzene rings is 1. The van der Waals surface area contributed by atoms with Gasteiger partial charge in [-0.05, 0) is 25.6 Å². The second-order valence-electron chi connectivity index (χ2n) is 8.32. The molecule has 32 heavy (non-hydrogen) atoms. The van der Waals surface area contributed by atoms with Crippen molar-refractivity contribution in [3.05, 3.63) is 54.2 Å². The molecule has 2 amide bonds. The van der Waals surface area contributed by atoms with E-state index >= 15 is 0 Å². The number of aromatic nitrogens is 1. The summed E-state index contributed by atoms with van der Waals surface area (Å²) in [6, 6.07) is 13.1. The van der Waals surface area contributed by atoms with Crippen LogP contribution in [-0.4, -0.2) is 79.5 Å². The van der Waals surface area contributed by atoms with Gasteiger partial charge in [0.15, 0.2) is 11.6 Å². The van der Waals surface area contributed by atoms with Gasteiger partial charge in [0.25, 0.3) is 5.91 Å². The van der Waals surface area contributed by atoms with Crippen molar-refractivity contribution in [2.75, 3.05) is 57.8 Å². The smallest absolute Gasteiger partial charge is 0.274 e. The molecule has 3 heterocycles. The summed E-state index contributed by atoms with van der Waals surface area (Å²) >= 11 is 0. The minimum atomic E-state index is -0.703. The maximum Gasteiger partial charge on any atom is 0.274 e. The van der Waals surface area contributed by atoms with Crippen molar-refractivity contribution in [2.45, 2.75) is 18.9 Å². The fourth-order valence-corrected chi connectivity index (χ4v) is 4.07. The van der Waals surface area contributed by atoms with Crippen molar-refractivity contribution < 1.29 is 14.3 Å². The Bertz CT molecular complexity index is 915. The average Bonchev–Trinajstić information content (AvgIpc) is 2.82. The highest BCUT2D eigenvalue weighted by Crippen LogP contribution is 2.37. The number of piperazine rings is 1. The Balaban J connectivity index is 1.29. The van der Waals surface area contributed by atoms with Crippen LogP contribution in [0.1, 0.15) is 24.5 Å². The molecule has 170 valence electrons. The molecule has 0 radical (unpaired) electrons. The molecule has 1 N–H and O–H groups in total. The SMILES string of the molecule is CN1CCN(CCNC(=O)CCCN2C(=O)[C@@H](c3ccccc3)Oc3cccnc32)CC1. The van der Waals surface area contributed by atoms with E-state index in [9.17, 15) is 9.59 Å². The summed E-state index contributed by atoms with van der Waals surface area (Å²) in [7, 11) is 2.13. The predicted molar refractivity (Wildman–Crippen MR) is 123 cm³/mol. The van der Waals surface area contributed by atoms with Gasteiger partial charge < -0.3 is 15.0 Å². The first-order valence-corrected chi connectivity index (χ1v) is 11.3. The zero-order valence-corrected chi connectivity index (χ0v) is 18.6. The standard InChI is InChI=1S/C24H31N5O3/c1-27-15-17-28(18-16-27)14-12-25-21(30)10-6-13-29-23-20(9-5-11-26-23)32-22(24(29)31)19-7-3-2-4-8-19/h2-5,7-9,11,22H,6,10,12-18H2,1H3,(H,25,30)/t22-/m1/s1. The third-order valence-electron chi connectivity index (χ3n) is 5.98. The Morgan fingerprint density at radius 3 is 2.66 bits per heavy atom. The highest BCUT2D eigenvalue weighted by molar-refractivity contribution is 5.99. The lowest BCUT2D eigenvalue weighted by atomic mass is 10.1. The number of nitrogens with one attached hydrogen (secondary N) is 1. The van der Waals surface area contributed by atoms with E-state index in [1.807, 2.05) is 36.4 Å². The summed E-state index contributed by atoms with van der Waals surface area (Å²) in [5.41, 5.74) is 0.804. The molecule has 1 atom stereocenters. The van der Waals surface area contributed by atoms with Crippen molar-refractivity contribution in [3.63, 3.8) is 0 Å². The van der Waals surface area contributed by atoms with Gasteiger partial charge in [-0.1, -0.05) is 30.3 Å². The molecule has 1 fully saturated rings. The lowest BCUT2D eigenvalue weighted by molar-refractivity contribution is -0.127. The van der Waals surface area contributed by atoms with Crippen LogP contribution >= 0.6 is 0 Å². The molecule has 2 aliphatic rings. The van der Waals surface area contributed by atoms with E-state index in [0.717, 1.165) is 38.3 Å². The number of hydrogen-bond acceptors (Lipinski definition) is 6. The molecular weight excluding hydrogens is 406 g/mol. The van der Waals surface area contributed by atoms with Crippen molar-refractivity contribution in [1.82, 2.24) is 20.1 Å². The van der Waals surface area contributed by atoms with E-state index in [-0.39, 0.29) is 11.8 Å². The average molecular weight is 438 g/mol. The van der Waals surface area contributed by atoms with E-state index in [1.165, 1.54) is 0 Å². The first-order chi connectivity index (χ1) is 15.6. The van der Waals surface area contributed by atoms with Crippen LogP contribution in [0, 0.1) is 0 Å². The van der Waals surface area contributed by atoms with E-state index in [1.54, 1.807) is 17.2 Å². The fourth-order valence-electron chi connectivity index (χ4n) is 4.07. The molecule has 0 aliphatic carbocycles. The van der Waals surface area contributed by atoms with Crippen molar-refractivity contribution >= 4 is 17.6 Å². The molecule has 2 aliphatic heterocycles. The Labute approximate surface area is 189 Å². The monoisotopic (exact) mass is 437 g/mol. The van der Waals surface area contributed by atoms with Gasteiger partial charge in [-0.15, -0.1) is 0 Å². The number of amides is 2. The number of ether oxygens (including phenoxy) is 1. The summed E-state index contributed by atoms with van der Waals surface area (Å²) in [6.45, 7) is 6.17. The molecule has 2 aromatic rings. The number of carbonyl (C=O) groups is 2. The van der Waals surface area contributed by atoms with Crippen LogP contribution < -0.4 is 15.0 Å². The van der Waals surface area contributed by atoms with Crippen LogP contribution in [0.4, 0.5) is 5.82 Å². The zero-order valence-electron chi connectivity index (χ0n) is 18.6. The summed E-state index contributed by atoms with van der Waals surface area (Å²) in [6.07, 6.45) is 1.87. The molecule has 0 bridgehead atoms. The van der Waals surface area contributed by atoms with Gasteiger partial charge in [-0.2, -0.15) is 0 Å². The lowest BCUT2D eigenvalue weighted by Crippen LogP contribution is -2.47. The molecular formula is C24H31N5O3. The van der Waals surface area contributed by atoms with Crippen LogP contribution in [0.5, 0.6) is 5.75 Å². The van der Waals surface area contributed by atoms with Gasteiger partial charge in [0, 0.05) is 64.0 Å². The summed E-state index contributed by atoms with van der Waals surface area (Å²) in [5.74, 6) is 0.955. The summed E-state index contributed by atoms with van der Waals surface area (Å²) in [5, 5.41) is 3.01. The number of fused-ring (bicyclic) bond motifs is 1. The Morgan fingerprint density at radius 2 is 1.88 bits per heavy atom. The zero-order chi connectivity index (χ0) is 22.3. The summed E-state index contributed by atoms with van der Waals surface area (Å²) < 4.78 is 5.96. The molecule has 8 nitrogen and oxygen atoms in total. The number of rotatable bonds is 8. The van der Waals surface area contributed by atoms with Gasteiger partial charge in [0.2, 0.25) is 12.0 Å². The molecule has 0 saturated carbocycles. The number of anilines is 1. The second-order valence-corrected chi connectivity index (χ2v) is 8.32. The quantitative estimate of drug-likeness (QED) is 0.677. The molecule has 0 unspecified atom stereocenters. The van der Waals surface area contributed by atoms with Crippen molar-refractivity contribution in [2.24, 2.45) is 0 Å². The number of hydrogen-bond donors (Lipinski definition) is 1. The van der Waals surface area contributed by atoms with Crippen LogP contribution in [0.15, 0.2) is 48.7 Å². The molecule has 1 aromatic carbocycles. The van der Waals surface area contributed by atoms with E-state index in [0.29, 0.717) is 37.5 Å². The maximum absolute atomic E-state index is 13.2. The first-order valence-electron chi connectivity index (χ1n) is 11.3. The number of likely N-dealkylation sites (N-methyl/N-ethyl adjacent to an activating group) is 1. The first kappa shape index (κ1) is 22.2. The van der Waals surface area contributed by atoms with Gasteiger partial charge in [0.05, 0.1) is 0 Å². The largest absolute Gasteiger partial charge is 0.472 e. The fraction of sp³-hybridized carbons (Fsp3) is 0.458. The normalized spacial score (nSPS) is 19.3. The predicted octanol–water partition coefficient (Wildman–Crippen LogP) is 1.69. The second kappa shape index (κ2) is 10.6. The van der Waals surface area contributed by atoms with Crippen LogP contribution in [0.2, 0.25) is 0 Å². The van der Waals surface area contributed by atoms with E-state index in [2.05, 4.69) is 27.1 Å². The Morgan fingerprint density at radius 1 is 1.09 bits per heavy atom. The summed E-state index contributed by atoms with van der Waals surface area (Å²) in [4.78, 5) is 36.2. The molecule has 1 aromatic heterocycles. The van der Waals surface area contributed by atoms with Gasteiger partial charge in [0.1, 0.15) is 0 Å². The lowest BCUT2D eigenvalue weighted by Gasteiger charge is -2.33.